The van der Waals surface area contributed by atoms with Crippen molar-refractivity contribution in [3.05, 3.63) is 64.5 Å². The van der Waals surface area contributed by atoms with E-state index in [1.807, 2.05) is 19.9 Å². The zero-order valence-electron chi connectivity index (χ0n) is 16.0. The molecule has 1 unspecified atom stereocenters. The van der Waals surface area contributed by atoms with Crippen LogP contribution >= 0.6 is 12.4 Å². The van der Waals surface area contributed by atoms with Crippen LogP contribution in [-0.4, -0.2) is 37.0 Å². The van der Waals surface area contributed by atoms with E-state index in [2.05, 4.69) is 34.6 Å². The number of carbonyl (C=O) groups excluding carboxylic acids is 1. The Balaban J connectivity index is 0.00000261. The first-order valence-corrected chi connectivity index (χ1v) is 9.02. The number of aryl methyl sites for hydroxylation is 3. The molecule has 1 aliphatic rings. The Kier molecular flexibility index (Phi) is 7.36. The summed E-state index contributed by atoms with van der Waals surface area (Å²) in [6.07, 6.45) is 0. The lowest BCUT2D eigenvalue weighted by atomic mass is 10.0. The molecule has 1 aliphatic heterocycles. The van der Waals surface area contributed by atoms with E-state index in [0.717, 1.165) is 35.5 Å². The van der Waals surface area contributed by atoms with Gasteiger partial charge in [0.15, 0.2) is 0 Å². The third-order valence-corrected chi connectivity index (χ3v) is 4.88. The highest BCUT2D eigenvalue weighted by Crippen LogP contribution is 2.24. The number of rotatable bonds is 4. The van der Waals surface area contributed by atoms with E-state index in [1.54, 1.807) is 12.1 Å². The Morgan fingerprint density at radius 3 is 2.59 bits per heavy atom. The Morgan fingerprint density at radius 1 is 1.22 bits per heavy atom. The van der Waals surface area contributed by atoms with Crippen LogP contribution in [0.3, 0.4) is 0 Å². The molecule has 0 aromatic heterocycles. The molecule has 0 saturated carbocycles. The standard InChI is InChI=1S/C21H26FN3O.ClH/c1-14-9-15(2)21(16(3)10-14)24-20(26)13-25-8-7-23-12-19(25)17-5-4-6-18(22)11-17;/h4-6,9-11,19,23H,7-8,12-13H2,1-3H3,(H,24,26);1H. The lowest BCUT2D eigenvalue weighted by Crippen LogP contribution is -2.48. The maximum atomic E-state index is 13.6. The molecule has 1 atom stereocenters. The molecular formula is C21H27ClFN3O. The Bertz CT molecular complexity index is 789. The van der Waals surface area contributed by atoms with Gasteiger partial charge in [0.1, 0.15) is 5.82 Å². The van der Waals surface area contributed by atoms with Crippen LogP contribution in [0.5, 0.6) is 0 Å². The molecule has 0 radical (unpaired) electrons. The van der Waals surface area contributed by atoms with Gasteiger partial charge in [0, 0.05) is 31.4 Å². The number of piperazine rings is 1. The van der Waals surface area contributed by atoms with Gasteiger partial charge in [-0.1, -0.05) is 29.8 Å². The Morgan fingerprint density at radius 2 is 1.93 bits per heavy atom. The normalized spacial score (nSPS) is 17.3. The minimum Gasteiger partial charge on any atom is -0.324 e. The molecule has 1 heterocycles. The van der Waals surface area contributed by atoms with Crippen LogP contribution in [0.2, 0.25) is 0 Å². The molecule has 1 fully saturated rings. The average Bonchev–Trinajstić information content (AvgIpc) is 2.58. The van der Waals surface area contributed by atoms with E-state index in [4.69, 9.17) is 0 Å². The summed E-state index contributed by atoms with van der Waals surface area (Å²) in [7, 11) is 0. The fourth-order valence-electron chi connectivity index (χ4n) is 3.72. The van der Waals surface area contributed by atoms with Gasteiger partial charge in [0.25, 0.3) is 0 Å². The Labute approximate surface area is 166 Å². The van der Waals surface area contributed by atoms with Crippen LogP contribution in [0.4, 0.5) is 10.1 Å². The summed E-state index contributed by atoms with van der Waals surface area (Å²) in [5.74, 6) is -0.285. The fourth-order valence-corrected chi connectivity index (χ4v) is 3.72. The summed E-state index contributed by atoms with van der Waals surface area (Å²) in [5, 5.41) is 6.40. The van der Waals surface area contributed by atoms with Crippen molar-refractivity contribution < 1.29 is 9.18 Å². The van der Waals surface area contributed by atoms with Crippen molar-refractivity contribution in [2.24, 2.45) is 0 Å². The fraction of sp³-hybridized carbons (Fsp3) is 0.381. The summed E-state index contributed by atoms with van der Waals surface area (Å²) in [6.45, 7) is 8.64. The van der Waals surface area contributed by atoms with Gasteiger partial charge < -0.3 is 10.6 Å². The van der Waals surface area contributed by atoms with Crippen LogP contribution in [-0.2, 0) is 4.79 Å². The molecule has 1 amide bonds. The zero-order valence-corrected chi connectivity index (χ0v) is 16.8. The quantitative estimate of drug-likeness (QED) is 0.834. The van der Waals surface area contributed by atoms with Gasteiger partial charge in [-0.15, -0.1) is 12.4 Å². The van der Waals surface area contributed by atoms with Crippen molar-refractivity contribution in [3.8, 4) is 0 Å². The van der Waals surface area contributed by atoms with Gasteiger partial charge in [-0.05, 0) is 49.6 Å². The predicted octanol–water partition coefficient (Wildman–Crippen LogP) is 3.76. The maximum Gasteiger partial charge on any atom is 0.238 e. The first-order chi connectivity index (χ1) is 12.4. The third-order valence-electron chi connectivity index (χ3n) is 4.88. The molecule has 6 heteroatoms. The highest BCUT2D eigenvalue weighted by Gasteiger charge is 2.26. The lowest BCUT2D eigenvalue weighted by Gasteiger charge is -2.36. The number of nitrogens with one attached hydrogen (secondary N) is 2. The second-order valence-corrected chi connectivity index (χ2v) is 7.07. The highest BCUT2D eigenvalue weighted by molar-refractivity contribution is 5.93. The number of hydrogen-bond acceptors (Lipinski definition) is 3. The summed E-state index contributed by atoms with van der Waals surface area (Å²) in [6, 6.07) is 10.8. The van der Waals surface area contributed by atoms with Gasteiger partial charge in [-0.25, -0.2) is 4.39 Å². The lowest BCUT2D eigenvalue weighted by molar-refractivity contribution is -0.118. The van der Waals surface area contributed by atoms with Crippen LogP contribution in [0.25, 0.3) is 0 Å². The van der Waals surface area contributed by atoms with E-state index >= 15 is 0 Å². The van der Waals surface area contributed by atoms with E-state index in [0.29, 0.717) is 6.54 Å². The van der Waals surface area contributed by atoms with E-state index < -0.39 is 0 Å². The van der Waals surface area contributed by atoms with Crippen LogP contribution < -0.4 is 10.6 Å². The largest absolute Gasteiger partial charge is 0.324 e. The molecule has 1 saturated heterocycles. The van der Waals surface area contributed by atoms with Crippen LogP contribution in [0, 0.1) is 26.6 Å². The highest BCUT2D eigenvalue weighted by atomic mass is 35.5. The number of benzene rings is 2. The van der Waals surface area contributed by atoms with Crippen molar-refractivity contribution in [1.29, 1.82) is 0 Å². The van der Waals surface area contributed by atoms with Gasteiger partial charge in [0.2, 0.25) is 5.91 Å². The van der Waals surface area contributed by atoms with E-state index in [1.165, 1.54) is 11.6 Å². The van der Waals surface area contributed by atoms with Gasteiger partial charge >= 0.3 is 0 Å². The summed E-state index contributed by atoms with van der Waals surface area (Å²) >= 11 is 0. The second kappa shape index (κ2) is 9.31. The third kappa shape index (κ3) is 5.28. The number of halogens is 2. The van der Waals surface area contributed by atoms with Crippen LogP contribution in [0.1, 0.15) is 28.3 Å². The molecule has 3 rings (SSSR count). The van der Waals surface area contributed by atoms with E-state index in [-0.39, 0.29) is 36.7 Å². The predicted molar refractivity (Wildman–Crippen MR) is 110 cm³/mol. The minimum atomic E-state index is -0.247. The summed E-state index contributed by atoms with van der Waals surface area (Å²) in [4.78, 5) is 14.8. The van der Waals surface area contributed by atoms with Gasteiger partial charge in [-0.2, -0.15) is 0 Å². The number of carbonyl (C=O) groups is 1. The topological polar surface area (TPSA) is 44.4 Å². The summed E-state index contributed by atoms with van der Waals surface area (Å²) < 4.78 is 13.6. The molecule has 2 aromatic rings. The number of hydrogen-bond donors (Lipinski definition) is 2. The molecule has 4 nitrogen and oxygen atoms in total. The number of anilines is 1. The SMILES string of the molecule is Cc1cc(C)c(NC(=O)CN2CCNCC2c2cccc(F)c2)c(C)c1.Cl. The first-order valence-electron chi connectivity index (χ1n) is 9.02. The molecule has 0 aliphatic carbocycles. The minimum absolute atomic E-state index is 0. The van der Waals surface area contributed by atoms with E-state index in [9.17, 15) is 9.18 Å². The number of amides is 1. The zero-order chi connectivity index (χ0) is 18.7. The number of nitrogens with zero attached hydrogens (tertiary/aromatic N) is 1. The van der Waals surface area contributed by atoms with Crippen molar-refractivity contribution >= 4 is 24.0 Å². The first kappa shape index (κ1) is 21.4. The van der Waals surface area contributed by atoms with Crippen LogP contribution in [0.15, 0.2) is 36.4 Å². The molecular weight excluding hydrogens is 365 g/mol. The van der Waals surface area contributed by atoms with Crippen molar-refractivity contribution in [1.82, 2.24) is 10.2 Å². The van der Waals surface area contributed by atoms with Gasteiger partial charge in [0.05, 0.1) is 6.54 Å². The smallest absolute Gasteiger partial charge is 0.238 e. The molecule has 2 aromatic carbocycles. The average molecular weight is 392 g/mol. The van der Waals surface area contributed by atoms with Crippen molar-refractivity contribution in [2.45, 2.75) is 26.8 Å². The monoisotopic (exact) mass is 391 g/mol. The second-order valence-electron chi connectivity index (χ2n) is 7.07. The van der Waals surface area contributed by atoms with Crippen molar-refractivity contribution in [2.75, 3.05) is 31.5 Å². The summed E-state index contributed by atoms with van der Waals surface area (Å²) in [5.41, 5.74) is 5.10. The Hall–Kier alpha value is -1.95. The molecule has 146 valence electrons. The van der Waals surface area contributed by atoms with Gasteiger partial charge in [-0.3, -0.25) is 9.69 Å². The molecule has 2 N–H and O–H groups in total. The molecule has 0 spiro atoms. The molecule has 27 heavy (non-hydrogen) atoms. The molecule has 0 bridgehead atoms. The maximum absolute atomic E-state index is 13.6. The van der Waals surface area contributed by atoms with Crippen molar-refractivity contribution in [3.63, 3.8) is 0 Å².